The van der Waals surface area contributed by atoms with Gasteiger partial charge in [0.1, 0.15) is 0 Å². The van der Waals surface area contributed by atoms with Crippen LogP contribution in [0.1, 0.15) is 48.5 Å². The van der Waals surface area contributed by atoms with Crippen LogP contribution in [0.5, 0.6) is 0 Å². The number of carboxylic acids is 1. The molecule has 0 aliphatic heterocycles. The summed E-state index contributed by atoms with van der Waals surface area (Å²) in [5.41, 5.74) is 3.23. The molecule has 0 radical (unpaired) electrons. The highest BCUT2D eigenvalue weighted by molar-refractivity contribution is 9.10. The molecule has 4 fully saturated rings. The lowest BCUT2D eigenvalue weighted by Crippen LogP contribution is -2.64. The summed E-state index contributed by atoms with van der Waals surface area (Å²) in [6, 6.07) is 18.5. The number of amides is 1. The van der Waals surface area contributed by atoms with Gasteiger partial charge in [0, 0.05) is 10.5 Å². The molecule has 2 N–H and O–H groups in total. The van der Waals surface area contributed by atoms with Crippen LogP contribution in [0, 0.1) is 36.0 Å². The van der Waals surface area contributed by atoms with Crippen LogP contribution < -0.4 is 5.32 Å². The average molecular weight is 532 g/mol. The van der Waals surface area contributed by atoms with Gasteiger partial charge in [-0.25, -0.2) is 0 Å². The van der Waals surface area contributed by atoms with Crippen LogP contribution in [-0.2, 0) is 4.79 Å². The quantitative estimate of drug-likeness (QED) is 0.387. The highest BCUT2D eigenvalue weighted by atomic mass is 79.9. The standard InChI is InChI=1S/C30H30BrNO3/c1-16-23(19-6-4-3-5-7-19)12-20-8-9-22(31)13-25(20)26(16)28(33)32-27-21-10-18-11-24(27)17(2)30(14-18,15-21)29(34)35/h3-9,12-13,17-18,21,24,27H,10-11,14-15H2,1-2H3,(H,32,33)(H,34,35). The Labute approximate surface area is 214 Å². The number of hydrogen-bond acceptors (Lipinski definition) is 2. The molecular weight excluding hydrogens is 502 g/mol. The Hall–Kier alpha value is -2.66. The SMILES string of the molecule is Cc1c(-c2ccccc2)cc2ccc(Br)cc2c1C(=O)NC1C2CC3CC1C(C)C(C(=O)O)(C3)C2. The van der Waals surface area contributed by atoms with Gasteiger partial charge < -0.3 is 10.4 Å². The highest BCUT2D eigenvalue weighted by Crippen LogP contribution is 2.62. The molecule has 35 heavy (non-hydrogen) atoms. The predicted molar refractivity (Wildman–Crippen MR) is 141 cm³/mol. The van der Waals surface area contributed by atoms with Crippen LogP contribution in [0.3, 0.4) is 0 Å². The number of fused-ring (bicyclic) bond motifs is 1. The number of carbonyl (C=O) groups excluding carboxylic acids is 1. The molecule has 7 rings (SSSR count). The van der Waals surface area contributed by atoms with Crippen LogP contribution in [-0.4, -0.2) is 23.0 Å². The van der Waals surface area contributed by atoms with Gasteiger partial charge in [0.2, 0.25) is 0 Å². The Balaban J connectivity index is 1.41. The third kappa shape index (κ3) is 3.46. The Kier molecular flexibility index (Phi) is 5.33. The number of rotatable bonds is 4. The molecule has 0 aromatic heterocycles. The topological polar surface area (TPSA) is 66.4 Å². The van der Waals surface area contributed by atoms with Crippen molar-refractivity contribution in [3.63, 3.8) is 0 Å². The summed E-state index contributed by atoms with van der Waals surface area (Å²) in [6.07, 6.45) is 3.52. The van der Waals surface area contributed by atoms with Crippen molar-refractivity contribution < 1.29 is 14.7 Å². The van der Waals surface area contributed by atoms with Gasteiger partial charge in [0.15, 0.2) is 0 Å². The van der Waals surface area contributed by atoms with E-state index in [1.54, 1.807) is 0 Å². The molecule has 0 heterocycles. The van der Waals surface area contributed by atoms with Gasteiger partial charge in [0.05, 0.1) is 11.0 Å². The third-order valence-corrected chi connectivity index (χ3v) is 9.90. The van der Waals surface area contributed by atoms with E-state index in [1.807, 2.05) is 37.3 Å². The maximum Gasteiger partial charge on any atom is 0.309 e. The van der Waals surface area contributed by atoms with Gasteiger partial charge in [-0.15, -0.1) is 0 Å². The monoisotopic (exact) mass is 531 g/mol. The molecule has 1 amide bonds. The molecule has 180 valence electrons. The fourth-order valence-electron chi connectivity index (χ4n) is 7.79. The zero-order chi connectivity index (χ0) is 24.5. The van der Waals surface area contributed by atoms with Crippen LogP contribution in [0.15, 0.2) is 59.1 Å². The zero-order valence-corrected chi connectivity index (χ0v) is 21.6. The number of halogens is 1. The fraction of sp³-hybridized carbons (Fsp3) is 0.400. The van der Waals surface area contributed by atoms with Crippen molar-refractivity contribution in [2.75, 3.05) is 0 Å². The van der Waals surface area contributed by atoms with Gasteiger partial charge in [-0.1, -0.05) is 59.3 Å². The Bertz CT molecular complexity index is 1350. The second-order valence-corrected chi connectivity index (χ2v) is 12.0. The smallest absolute Gasteiger partial charge is 0.309 e. The number of carboxylic acid groups (broad SMARTS) is 1. The van der Waals surface area contributed by atoms with E-state index in [4.69, 9.17) is 0 Å². The lowest BCUT2D eigenvalue weighted by Gasteiger charge is -2.61. The third-order valence-electron chi connectivity index (χ3n) is 9.40. The van der Waals surface area contributed by atoms with Crippen molar-refractivity contribution in [3.05, 3.63) is 70.2 Å². The lowest BCUT2D eigenvalue weighted by molar-refractivity contribution is -0.179. The molecular formula is C30H30BrNO3. The number of hydrogen-bond donors (Lipinski definition) is 2. The molecule has 0 saturated heterocycles. The lowest BCUT2D eigenvalue weighted by atomic mass is 9.44. The van der Waals surface area contributed by atoms with Gasteiger partial charge in [-0.3, -0.25) is 9.59 Å². The summed E-state index contributed by atoms with van der Waals surface area (Å²) >= 11 is 3.59. The van der Waals surface area contributed by atoms with E-state index in [-0.39, 0.29) is 29.7 Å². The van der Waals surface area contributed by atoms with Crippen molar-refractivity contribution in [1.29, 1.82) is 0 Å². The van der Waals surface area contributed by atoms with Crippen molar-refractivity contribution in [2.45, 2.75) is 45.6 Å². The number of nitrogens with one attached hydrogen (secondary N) is 1. The normalized spacial score (nSPS) is 31.0. The van der Waals surface area contributed by atoms with E-state index in [0.29, 0.717) is 12.3 Å². The first-order valence-corrected chi connectivity index (χ1v) is 13.4. The predicted octanol–water partition coefficient (Wildman–Crippen LogP) is 6.83. The molecule has 0 spiro atoms. The van der Waals surface area contributed by atoms with Crippen LogP contribution in [0.2, 0.25) is 0 Å². The molecule has 4 aliphatic carbocycles. The molecule has 4 bridgehead atoms. The van der Waals surface area contributed by atoms with Crippen molar-refractivity contribution in [2.24, 2.45) is 29.1 Å². The fourth-order valence-corrected chi connectivity index (χ4v) is 8.15. The summed E-state index contributed by atoms with van der Waals surface area (Å²) in [5.74, 6) is 0.310. The Morgan fingerprint density at radius 1 is 1.06 bits per heavy atom. The molecule has 3 aromatic carbocycles. The minimum atomic E-state index is -0.642. The van der Waals surface area contributed by atoms with E-state index < -0.39 is 11.4 Å². The first-order chi connectivity index (χ1) is 16.8. The summed E-state index contributed by atoms with van der Waals surface area (Å²) in [7, 11) is 0. The first kappa shape index (κ1) is 22.8. The van der Waals surface area contributed by atoms with Gasteiger partial charge in [-0.2, -0.15) is 0 Å². The average Bonchev–Trinajstić information content (AvgIpc) is 2.84. The molecule has 4 aliphatic rings. The van der Waals surface area contributed by atoms with E-state index in [0.717, 1.165) is 56.8 Å². The minimum Gasteiger partial charge on any atom is -0.481 e. The summed E-state index contributed by atoms with van der Waals surface area (Å²) in [5, 5.41) is 15.5. The number of aliphatic carboxylic acids is 1. The molecule has 5 heteroatoms. The van der Waals surface area contributed by atoms with E-state index in [1.165, 1.54) is 0 Å². The van der Waals surface area contributed by atoms with Crippen LogP contribution >= 0.6 is 15.9 Å². The zero-order valence-electron chi connectivity index (χ0n) is 20.1. The summed E-state index contributed by atoms with van der Waals surface area (Å²) < 4.78 is 0.942. The second kappa shape index (κ2) is 8.19. The van der Waals surface area contributed by atoms with Gasteiger partial charge in [0.25, 0.3) is 5.91 Å². The molecule has 3 aromatic rings. The minimum absolute atomic E-state index is 0.0310. The van der Waals surface area contributed by atoms with E-state index in [9.17, 15) is 14.7 Å². The van der Waals surface area contributed by atoms with Crippen LogP contribution in [0.25, 0.3) is 21.9 Å². The summed E-state index contributed by atoms with van der Waals surface area (Å²) in [6.45, 7) is 4.14. The first-order valence-electron chi connectivity index (χ1n) is 12.6. The summed E-state index contributed by atoms with van der Waals surface area (Å²) in [4.78, 5) is 26.4. The van der Waals surface area contributed by atoms with Crippen molar-refractivity contribution in [3.8, 4) is 11.1 Å². The second-order valence-electron chi connectivity index (χ2n) is 11.1. The maximum atomic E-state index is 14.0. The van der Waals surface area contributed by atoms with Crippen molar-refractivity contribution in [1.82, 2.24) is 5.32 Å². The van der Waals surface area contributed by atoms with Gasteiger partial charge in [-0.05, 0) is 102 Å². The molecule has 6 atom stereocenters. The van der Waals surface area contributed by atoms with Crippen molar-refractivity contribution >= 4 is 38.6 Å². The van der Waals surface area contributed by atoms with E-state index in [2.05, 4.69) is 52.4 Å². The number of benzene rings is 3. The molecule has 6 unspecified atom stereocenters. The Morgan fingerprint density at radius 2 is 1.83 bits per heavy atom. The molecule has 4 nitrogen and oxygen atoms in total. The highest BCUT2D eigenvalue weighted by Gasteiger charge is 2.62. The number of carbonyl (C=O) groups is 2. The maximum absolute atomic E-state index is 14.0. The largest absolute Gasteiger partial charge is 0.481 e. The van der Waals surface area contributed by atoms with Gasteiger partial charge >= 0.3 is 5.97 Å². The molecule has 4 saturated carbocycles. The van der Waals surface area contributed by atoms with E-state index >= 15 is 0 Å². The van der Waals surface area contributed by atoms with Crippen LogP contribution in [0.4, 0.5) is 0 Å². The Morgan fingerprint density at radius 3 is 2.57 bits per heavy atom.